The number of aliphatic carboxylic acids is 1. The molecule has 1 heterocycles. The first-order valence-electron chi connectivity index (χ1n) is 8.75. The predicted octanol–water partition coefficient (Wildman–Crippen LogP) is 3.52. The van der Waals surface area contributed by atoms with Gasteiger partial charge in [-0.15, -0.1) is 0 Å². The van der Waals surface area contributed by atoms with Crippen LogP contribution in [0, 0.1) is 5.82 Å². The van der Waals surface area contributed by atoms with Gasteiger partial charge >= 0.3 is 5.97 Å². The van der Waals surface area contributed by atoms with Gasteiger partial charge in [0.15, 0.2) is 5.82 Å². The lowest BCUT2D eigenvalue weighted by molar-refractivity contribution is -0.137. The van der Waals surface area contributed by atoms with Crippen LogP contribution in [0.3, 0.4) is 0 Å². The highest BCUT2D eigenvalue weighted by Crippen LogP contribution is 2.27. The summed E-state index contributed by atoms with van der Waals surface area (Å²) >= 11 is 0. The second-order valence-corrected chi connectivity index (χ2v) is 6.47. The number of benzene rings is 1. The first kappa shape index (κ1) is 18.1. The Kier molecular flexibility index (Phi) is 5.65. The molecule has 0 spiro atoms. The number of aromatic nitrogens is 2. The zero-order valence-corrected chi connectivity index (χ0v) is 14.7. The minimum absolute atomic E-state index is 0.0612. The van der Waals surface area contributed by atoms with Gasteiger partial charge in [-0.1, -0.05) is 0 Å². The van der Waals surface area contributed by atoms with Gasteiger partial charge in [0.05, 0.1) is 5.69 Å². The van der Waals surface area contributed by atoms with E-state index in [1.165, 1.54) is 12.5 Å². The summed E-state index contributed by atoms with van der Waals surface area (Å²) in [6.45, 7) is 0.462. The molecule has 1 fully saturated rings. The van der Waals surface area contributed by atoms with Crippen LogP contribution in [0.4, 0.5) is 10.1 Å². The Morgan fingerprint density at radius 1 is 1.38 bits per heavy atom. The molecule has 138 valence electrons. The zero-order chi connectivity index (χ0) is 18.5. The summed E-state index contributed by atoms with van der Waals surface area (Å²) in [6.07, 6.45) is 5.60. The van der Waals surface area contributed by atoms with E-state index in [0.717, 1.165) is 12.8 Å². The molecule has 0 bridgehead atoms. The highest BCUT2D eigenvalue weighted by atomic mass is 19.1. The first-order chi connectivity index (χ1) is 12.5. The number of hydrogen-bond donors (Lipinski definition) is 1. The molecule has 26 heavy (non-hydrogen) atoms. The maximum absolute atomic E-state index is 14.5. The molecule has 1 aromatic heterocycles. The maximum atomic E-state index is 14.5. The maximum Gasteiger partial charge on any atom is 0.303 e. The molecule has 1 aromatic carbocycles. The van der Waals surface area contributed by atoms with Gasteiger partial charge in [0, 0.05) is 37.8 Å². The SMILES string of the molecule is CN(CCCC(=O)O)c1ccc(-c2nccc(OC3CCC3)n2)cc1F. The van der Waals surface area contributed by atoms with E-state index in [0.29, 0.717) is 35.9 Å². The summed E-state index contributed by atoms with van der Waals surface area (Å²) < 4.78 is 20.3. The van der Waals surface area contributed by atoms with Gasteiger partial charge in [0.1, 0.15) is 11.9 Å². The Morgan fingerprint density at radius 3 is 2.85 bits per heavy atom. The molecule has 1 aliphatic rings. The Hall–Kier alpha value is -2.70. The van der Waals surface area contributed by atoms with E-state index in [-0.39, 0.29) is 12.5 Å². The molecule has 7 heteroatoms. The van der Waals surface area contributed by atoms with E-state index < -0.39 is 11.8 Å². The van der Waals surface area contributed by atoms with Crippen LogP contribution >= 0.6 is 0 Å². The van der Waals surface area contributed by atoms with Crippen LogP contribution in [0.5, 0.6) is 5.88 Å². The van der Waals surface area contributed by atoms with Gasteiger partial charge in [0.25, 0.3) is 0 Å². The monoisotopic (exact) mass is 359 g/mol. The van der Waals surface area contributed by atoms with Crippen LogP contribution in [0.15, 0.2) is 30.5 Å². The largest absolute Gasteiger partial charge is 0.481 e. The van der Waals surface area contributed by atoms with Crippen LogP contribution in [0.25, 0.3) is 11.4 Å². The van der Waals surface area contributed by atoms with E-state index in [1.807, 2.05) is 0 Å². The summed E-state index contributed by atoms with van der Waals surface area (Å²) in [7, 11) is 1.74. The second kappa shape index (κ2) is 8.12. The number of nitrogens with zero attached hydrogens (tertiary/aromatic N) is 3. The number of ether oxygens (including phenoxy) is 1. The van der Waals surface area contributed by atoms with Crippen LogP contribution in [0.1, 0.15) is 32.1 Å². The summed E-state index contributed by atoms with van der Waals surface area (Å²) in [5.74, 6) is -0.319. The lowest BCUT2D eigenvalue weighted by atomic mass is 9.96. The van der Waals surface area contributed by atoms with E-state index in [2.05, 4.69) is 9.97 Å². The molecule has 1 saturated carbocycles. The normalized spacial score (nSPS) is 13.9. The van der Waals surface area contributed by atoms with Gasteiger partial charge in [-0.2, -0.15) is 4.98 Å². The van der Waals surface area contributed by atoms with Gasteiger partial charge < -0.3 is 14.7 Å². The third-order valence-electron chi connectivity index (χ3n) is 4.47. The van der Waals surface area contributed by atoms with E-state index >= 15 is 0 Å². The van der Waals surface area contributed by atoms with Crippen molar-refractivity contribution in [3.8, 4) is 17.3 Å². The molecule has 0 unspecified atom stereocenters. The smallest absolute Gasteiger partial charge is 0.303 e. The minimum Gasteiger partial charge on any atom is -0.481 e. The van der Waals surface area contributed by atoms with Crippen molar-refractivity contribution in [2.45, 2.75) is 38.2 Å². The summed E-state index contributed by atoms with van der Waals surface area (Å²) in [4.78, 5) is 20.9. The molecule has 2 aromatic rings. The second-order valence-electron chi connectivity index (χ2n) is 6.47. The average molecular weight is 359 g/mol. The fourth-order valence-electron chi connectivity index (χ4n) is 2.75. The lowest BCUT2D eigenvalue weighted by Crippen LogP contribution is -2.25. The molecule has 0 saturated heterocycles. The molecule has 0 aliphatic heterocycles. The summed E-state index contributed by atoms with van der Waals surface area (Å²) in [5, 5.41) is 8.69. The standard InChI is InChI=1S/C19H22FN3O3/c1-23(11-3-6-18(24)25)16-8-7-13(12-15(16)20)19-21-10-9-17(22-19)26-14-4-2-5-14/h7-10,12,14H,2-6,11H2,1H3,(H,24,25). The van der Waals surface area contributed by atoms with E-state index in [1.54, 1.807) is 36.3 Å². The molecule has 3 rings (SSSR count). The number of carboxylic acid groups (broad SMARTS) is 1. The third-order valence-corrected chi connectivity index (χ3v) is 4.47. The van der Waals surface area contributed by atoms with Crippen molar-refractivity contribution in [3.05, 3.63) is 36.3 Å². The average Bonchev–Trinajstić information content (AvgIpc) is 2.58. The number of halogens is 1. The fourth-order valence-corrected chi connectivity index (χ4v) is 2.75. The van der Waals surface area contributed by atoms with E-state index in [4.69, 9.17) is 9.84 Å². The van der Waals surface area contributed by atoms with Crippen LogP contribution in [-0.4, -0.2) is 40.7 Å². The Morgan fingerprint density at radius 2 is 2.19 bits per heavy atom. The Balaban J connectivity index is 1.70. The molecule has 1 N–H and O–H groups in total. The van der Waals surface area contributed by atoms with Gasteiger partial charge in [-0.05, 0) is 43.9 Å². The number of carbonyl (C=O) groups is 1. The van der Waals surface area contributed by atoms with Crippen molar-refractivity contribution in [2.24, 2.45) is 0 Å². The topological polar surface area (TPSA) is 75.6 Å². The highest BCUT2D eigenvalue weighted by Gasteiger charge is 2.20. The van der Waals surface area contributed by atoms with Crippen molar-refractivity contribution in [3.63, 3.8) is 0 Å². The quantitative estimate of drug-likeness (QED) is 0.777. The van der Waals surface area contributed by atoms with Gasteiger partial charge in [-0.25, -0.2) is 9.37 Å². The molecule has 0 radical (unpaired) electrons. The lowest BCUT2D eigenvalue weighted by Gasteiger charge is -2.25. The molecule has 0 amide bonds. The fraction of sp³-hybridized carbons (Fsp3) is 0.421. The third kappa shape index (κ3) is 4.47. The minimum atomic E-state index is -0.852. The zero-order valence-electron chi connectivity index (χ0n) is 14.7. The Bertz CT molecular complexity index is 780. The van der Waals surface area contributed by atoms with Crippen LogP contribution in [0.2, 0.25) is 0 Å². The van der Waals surface area contributed by atoms with Crippen molar-refractivity contribution >= 4 is 11.7 Å². The molecular formula is C19H22FN3O3. The molecule has 6 nitrogen and oxygen atoms in total. The van der Waals surface area contributed by atoms with Gasteiger partial charge in [0.2, 0.25) is 5.88 Å². The number of anilines is 1. The Labute approximate surface area is 151 Å². The number of rotatable bonds is 8. The van der Waals surface area contributed by atoms with Crippen LogP contribution in [-0.2, 0) is 4.79 Å². The summed E-state index contributed by atoms with van der Waals surface area (Å²) in [5.41, 5.74) is 0.991. The number of hydrogen-bond acceptors (Lipinski definition) is 5. The summed E-state index contributed by atoms with van der Waals surface area (Å²) in [6, 6.07) is 6.52. The van der Waals surface area contributed by atoms with Crippen molar-refractivity contribution in [2.75, 3.05) is 18.5 Å². The molecule has 1 aliphatic carbocycles. The van der Waals surface area contributed by atoms with Crippen LogP contribution < -0.4 is 9.64 Å². The van der Waals surface area contributed by atoms with Gasteiger partial charge in [-0.3, -0.25) is 4.79 Å². The first-order valence-corrected chi connectivity index (χ1v) is 8.75. The van der Waals surface area contributed by atoms with E-state index in [9.17, 15) is 9.18 Å². The highest BCUT2D eigenvalue weighted by molar-refractivity contribution is 5.66. The molecule has 0 atom stereocenters. The van der Waals surface area contributed by atoms with Crippen molar-refractivity contribution in [1.82, 2.24) is 9.97 Å². The number of carboxylic acids is 1. The predicted molar refractivity (Wildman–Crippen MR) is 95.8 cm³/mol. The van der Waals surface area contributed by atoms with Crippen molar-refractivity contribution in [1.29, 1.82) is 0 Å². The van der Waals surface area contributed by atoms with Crippen molar-refractivity contribution < 1.29 is 19.0 Å². The molecular weight excluding hydrogens is 337 g/mol.